The highest BCUT2D eigenvalue weighted by atomic mass is 14.6. The Morgan fingerprint density at radius 1 is 1.00 bits per heavy atom. The second kappa shape index (κ2) is 5.59. The Hall–Kier alpha value is -2.59. The average molecular weight is 257 g/mol. The molecule has 1 nitrogen and oxygen atoms in total. The van der Waals surface area contributed by atoms with Crippen molar-refractivity contribution in [3.8, 4) is 11.8 Å². The molecule has 2 aromatic carbocycles. The normalized spacial score (nSPS) is 10.1. The van der Waals surface area contributed by atoms with Crippen molar-refractivity contribution >= 4 is 10.8 Å². The van der Waals surface area contributed by atoms with Crippen LogP contribution in [0.2, 0.25) is 0 Å². The van der Waals surface area contributed by atoms with E-state index in [1.807, 2.05) is 25.4 Å². The molecule has 0 unspecified atom stereocenters. The van der Waals surface area contributed by atoms with E-state index in [-0.39, 0.29) is 0 Å². The van der Waals surface area contributed by atoms with E-state index in [1.165, 1.54) is 16.5 Å². The molecule has 0 bridgehead atoms. The predicted molar refractivity (Wildman–Crippen MR) is 83.5 cm³/mol. The molecule has 1 heterocycles. The van der Waals surface area contributed by atoms with Gasteiger partial charge in [0.05, 0.1) is 0 Å². The Kier molecular flexibility index (Phi) is 3.48. The van der Waals surface area contributed by atoms with E-state index >= 15 is 0 Å². The van der Waals surface area contributed by atoms with Crippen LogP contribution in [0.1, 0.15) is 23.6 Å². The Balaban J connectivity index is 2.05. The summed E-state index contributed by atoms with van der Waals surface area (Å²) in [5, 5.41) is 2.41. The summed E-state index contributed by atoms with van der Waals surface area (Å²) in [6.07, 6.45) is 4.77. The van der Waals surface area contributed by atoms with Crippen molar-refractivity contribution in [2.75, 3.05) is 0 Å². The lowest BCUT2D eigenvalue weighted by atomic mass is 10.00. The second-order valence-electron chi connectivity index (χ2n) is 4.77. The first-order valence-corrected chi connectivity index (χ1v) is 6.70. The Morgan fingerprint density at radius 2 is 1.85 bits per heavy atom. The molecule has 1 heteroatoms. The van der Waals surface area contributed by atoms with Crippen LogP contribution >= 0.6 is 0 Å². The Bertz CT molecular complexity index is 792. The molecule has 0 saturated heterocycles. The monoisotopic (exact) mass is 257 g/mol. The van der Waals surface area contributed by atoms with Crippen molar-refractivity contribution in [3.63, 3.8) is 0 Å². The third-order valence-corrected chi connectivity index (χ3v) is 3.35. The van der Waals surface area contributed by atoms with E-state index in [4.69, 9.17) is 0 Å². The quantitative estimate of drug-likeness (QED) is 0.627. The van der Waals surface area contributed by atoms with Gasteiger partial charge in [-0.25, -0.2) is 0 Å². The van der Waals surface area contributed by atoms with E-state index in [1.54, 1.807) is 0 Å². The third-order valence-electron chi connectivity index (χ3n) is 3.35. The fourth-order valence-electron chi connectivity index (χ4n) is 2.42. The van der Waals surface area contributed by atoms with Gasteiger partial charge in [-0.1, -0.05) is 42.3 Å². The van der Waals surface area contributed by atoms with E-state index in [9.17, 15) is 0 Å². The SMILES string of the molecule is CC#Cc1ccc2c(Cc3ccccc3)cncc2c1. The van der Waals surface area contributed by atoms with E-state index in [0.29, 0.717) is 0 Å². The first-order chi connectivity index (χ1) is 9.86. The van der Waals surface area contributed by atoms with Gasteiger partial charge in [-0.2, -0.15) is 0 Å². The molecular weight excluding hydrogens is 242 g/mol. The van der Waals surface area contributed by atoms with Gasteiger partial charge in [0.1, 0.15) is 0 Å². The molecule has 0 fully saturated rings. The van der Waals surface area contributed by atoms with E-state index in [2.05, 4.69) is 59.3 Å². The summed E-state index contributed by atoms with van der Waals surface area (Å²) in [5.74, 6) is 6.02. The van der Waals surface area contributed by atoms with Crippen molar-refractivity contribution < 1.29 is 0 Å². The van der Waals surface area contributed by atoms with Crippen molar-refractivity contribution in [1.82, 2.24) is 4.98 Å². The van der Waals surface area contributed by atoms with Crippen LogP contribution in [-0.2, 0) is 6.42 Å². The number of pyridine rings is 1. The molecule has 0 aliphatic carbocycles. The number of hydrogen-bond acceptors (Lipinski definition) is 1. The lowest BCUT2D eigenvalue weighted by Crippen LogP contribution is -1.91. The van der Waals surface area contributed by atoms with Crippen LogP contribution in [0, 0.1) is 11.8 Å². The highest BCUT2D eigenvalue weighted by Crippen LogP contribution is 2.21. The lowest BCUT2D eigenvalue weighted by molar-refractivity contribution is 1.17. The molecule has 0 aliphatic heterocycles. The molecule has 0 radical (unpaired) electrons. The Labute approximate surface area is 119 Å². The lowest BCUT2D eigenvalue weighted by Gasteiger charge is -2.06. The second-order valence-corrected chi connectivity index (χ2v) is 4.77. The largest absolute Gasteiger partial charge is 0.264 e. The number of benzene rings is 2. The van der Waals surface area contributed by atoms with Crippen molar-refractivity contribution in [2.24, 2.45) is 0 Å². The Morgan fingerprint density at radius 3 is 2.65 bits per heavy atom. The predicted octanol–water partition coefficient (Wildman–Crippen LogP) is 4.20. The molecule has 3 rings (SSSR count). The van der Waals surface area contributed by atoms with E-state index < -0.39 is 0 Å². The topological polar surface area (TPSA) is 12.9 Å². The molecule has 0 aliphatic rings. The first-order valence-electron chi connectivity index (χ1n) is 6.70. The van der Waals surface area contributed by atoms with Gasteiger partial charge in [0, 0.05) is 23.3 Å². The number of hydrogen-bond donors (Lipinski definition) is 0. The van der Waals surface area contributed by atoms with Crippen molar-refractivity contribution in [2.45, 2.75) is 13.3 Å². The number of fused-ring (bicyclic) bond motifs is 1. The van der Waals surface area contributed by atoms with Crippen molar-refractivity contribution in [1.29, 1.82) is 0 Å². The van der Waals surface area contributed by atoms with Gasteiger partial charge in [-0.15, -0.1) is 5.92 Å². The fourth-order valence-corrected chi connectivity index (χ4v) is 2.42. The van der Waals surface area contributed by atoms with Gasteiger partial charge < -0.3 is 0 Å². The minimum Gasteiger partial charge on any atom is -0.264 e. The average Bonchev–Trinajstić information content (AvgIpc) is 2.49. The summed E-state index contributed by atoms with van der Waals surface area (Å²) < 4.78 is 0. The molecule has 0 atom stereocenters. The molecule has 20 heavy (non-hydrogen) atoms. The molecule has 3 aromatic rings. The number of nitrogens with zero attached hydrogens (tertiary/aromatic N) is 1. The first kappa shape index (κ1) is 12.4. The van der Waals surface area contributed by atoms with Crippen LogP contribution in [0.25, 0.3) is 10.8 Å². The van der Waals surface area contributed by atoms with Crippen LogP contribution in [-0.4, -0.2) is 4.98 Å². The smallest absolute Gasteiger partial charge is 0.0347 e. The molecule has 0 N–H and O–H groups in total. The summed E-state index contributed by atoms with van der Waals surface area (Å²) in [6, 6.07) is 16.8. The maximum atomic E-state index is 4.36. The highest BCUT2D eigenvalue weighted by Gasteiger charge is 2.03. The summed E-state index contributed by atoms with van der Waals surface area (Å²) >= 11 is 0. The third kappa shape index (κ3) is 2.55. The number of rotatable bonds is 2. The molecule has 0 spiro atoms. The zero-order valence-corrected chi connectivity index (χ0v) is 11.4. The zero-order valence-electron chi connectivity index (χ0n) is 11.4. The van der Waals surface area contributed by atoms with Crippen LogP contribution in [0.4, 0.5) is 0 Å². The van der Waals surface area contributed by atoms with Gasteiger partial charge >= 0.3 is 0 Å². The molecule has 0 amide bonds. The summed E-state index contributed by atoms with van der Waals surface area (Å²) in [4.78, 5) is 4.36. The molecule has 0 saturated carbocycles. The van der Waals surface area contributed by atoms with Gasteiger partial charge in [-0.3, -0.25) is 4.98 Å². The standard InChI is InChI=1S/C19H15N/c1-2-6-15-9-10-19-17(11-15)13-20-14-18(19)12-16-7-4-3-5-8-16/h3-5,7-11,13-14H,12H2,1H3. The maximum Gasteiger partial charge on any atom is 0.0347 e. The molecule has 1 aromatic heterocycles. The minimum absolute atomic E-state index is 0.907. The fraction of sp³-hybridized carbons (Fsp3) is 0.105. The van der Waals surface area contributed by atoms with Gasteiger partial charge in [-0.05, 0) is 42.0 Å². The molecule has 96 valence electrons. The van der Waals surface area contributed by atoms with E-state index in [0.717, 1.165) is 17.4 Å². The van der Waals surface area contributed by atoms with Crippen LogP contribution in [0.3, 0.4) is 0 Å². The van der Waals surface area contributed by atoms with Crippen LogP contribution < -0.4 is 0 Å². The summed E-state index contributed by atoms with van der Waals surface area (Å²) in [7, 11) is 0. The van der Waals surface area contributed by atoms with Crippen molar-refractivity contribution in [3.05, 3.63) is 77.6 Å². The van der Waals surface area contributed by atoms with Gasteiger partial charge in [0.15, 0.2) is 0 Å². The maximum absolute atomic E-state index is 4.36. The zero-order chi connectivity index (χ0) is 13.8. The number of aromatic nitrogens is 1. The van der Waals surface area contributed by atoms with Gasteiger partial charge in [0.25, 0.3) is 0 Å². The highest BCUT2D eigenvalue weighted by molar-refractivity contribution is 5.86. The van der Waals surface area contributed by atoms with Crippen LogP contribution in [0.15, 0.2) is 60.9 Å². The summed E-state index contributed by atoms with van der Waals surface area (Å²) in [6.45, 7) is 1.86. The summed E-state index contributed by atoms with van der Waals surface area (Å²) in [5.41, 5.74) is 3.60. The molecular formula is C19H15N. The minimum atomic E-state index is 0.907. The van der Waals surface area contributed by atoms with Gasteiger partial charge in [0.2, 0.25) is 0 Å². The van der Waals surface area contributed by atoms with Crippen LogP contribution in [0.5, 0.6) is 0 Å².